The van der Waals surface area contributed by atoms with Gasteiger partial charge in [0.25, 0.3) is 0 Å². The van der Waals surface area contributed by atoms with Crippen molar-refractivity contribution in [2.75, 3.05) is 25.1 Å². The number of imidazole rings is 1. The van der Waals surface area contributed by atoms with Crippen molar-refractivity contribution in [1.82, 2.24) is 14.9 Å². The van der Waals surface area contributed by atoms with Crippen LogP contribution in [0.1, 0.15) is 42.8 Å². The lowest BCUT2D eigenvalue weighted by molar-refractivity contribution is 0.0396. The molecular formula is C25H30N4O3. The molecule has 0 bridgehead atoms. The van der Waals surface area contributed by atoms with E-state index in [1.54, 1.807) is 7.11 Å². The van der Waals surface area contributed by atoms with Crippen LogP contribution in [0.25, 0.3) is 11.0 Å². The molecule has 0 aliphatic carbocycles. The second-order valence-corrected chi connectivity index (χ2v) is 8.87. The van der Waals surface area contributed by atoms with E-state index in [0.717, 1.165) is 66.9 Å². The van der Waals surface area contributed by atoms with E-state index in [9.17, 15) is 9.90 Å². The number of rotatable bonds is 4. The highest BCUT2D eigenvalue weighted by atomic mass is 16.5. The number of anilines is 1. The Kier molecular flexibility index (Phi) is 5.61. The van der Waals surface area contributed by atoms with E-state index in [1.165, 1.54) is 10.5 Å². The number of hydrogen-bond donors (Lipinski definition) is 2. The van der Waals surface area contributed by atoms with Crippen molar-refractivity contribution in [2.45, 2.75) is 50.8 Å². The predicted molar refractivity (Wildman–Crippen MR) is 125 cm³/mol. The van der Waals surface area contributed by atoms with Gasteiger partial charge >= 0.3 is 6.09 Å². The zero-order valence-electron chi connectivity index (χ0n) is 18.6. The normalized spacial score (nSPS) is 23.3. The van der Waals surface area contributed by atoms with Crippen LogP contribution in [0.3, 0.4) is 0 Å². The molecule has 1 amide bonds. The Bertz CT molecular complexity index is 1130. The Morgan fingerprint density at radius 1 is 1.22 bits per heavy atom. The van der Waals surface area contributed by atoms with E-state index in [2.05, 4.69) is 40.2 Å². The van der Waals surface area contributed by atoms with Gasteiger partial charge in [0.1, 0.15) is 5.82 Å². The number of benzene rings is 2. The van der Waals surface area contributed by atoms with Crippen LogP contribution in [0.4, 0.5) is 10.5 Å². The molecule has 168 valence electrons. The molecule has 1 unspecified atom stereocenters. The minimum absolute atomic E-state index is 0.0365. The lowest BCUT2D eigenvalue weighted by Gasteiger charge is -2.34. The van der Waals surface area contributed by atoms with Crippen LogP contribution in [-0.2, 0) is 17.6 Å². The first-order valence-corrected chi connectivity index (χ1v) is 11.4. The van der Waals surface area contributed by atoms with Crippen LogP contribution in [-0.4, -0.2) is 53.1 Å². The molecule has 2 aliphatic rings. The zero-order chi connectivity index (χ0) is 22.2. The van der Waals surface area contributed by atoms with E-state index in [1.807, 2.05) is 19.1 Å². The molecule has 32 heavy (non-hydrogen) atoms. The molecule has 2 N–H and O–H groups in total. The Morgan fingerprint density at radius 2 is 2.03 bits per heavy atom. The Morgan fingerprint density at radius 3 is 2.78 bits per heavy atom. The minimum atomic E-state index is -0.903. The standard InChI is InChI=1S/C25H30N4O3/c1-16-8-9-18-19(28(16)25(30)31)10-11-21-24(18)27-23(14-17-6-4-3-5-7-17)29(21)20-12-13-26-15-22(20)32-2/h3-7,10-11,16,20,22,26H,8-9,12-15H2,1-2H3,(H,30,31)/t16?,20-,22+/m1/s1. The van der Waals surface area contributed by atoms with Crippen molar-refractivity contribution < 1.29 is 14.6 Å². The lowest BCUT2D eigenvalue weighted by atomic mass is 9.95. The summed E-state index contributed by atoms with van der Waals surface area (Å²) in [6.07, 6.45) is 2.47. The second kappa shape index (κ2) is 8.56. The van der Waals surface area contributed by atoms with Gasteiger partial charge in [0, 0.05) is 31.7 Å². The summed E-state index contributed by atoms with van der Waals surface area (Å²) in [6.45, 7) is 3.71. The second-order valence-electron chi connectivity index (χ2n) is 8.87. The van der Waals surface area contributed by atoms with Crippen molar-refractivity contribution in [2.24, 2.45) is 0 Å². The molecule has 3 aromatic rings. The summed E-state index contributed by atoms with van der Waals surface area (Å²) >= 11 is 0. The molecule has 3 atom stereocenters. The SMILES string of the molecule is CO[C@H]1CNCC[C@H]1n1c(Cc2ccccc2)nc2c3c(ccc21)N(C(=O)O)C(C)CC3. The maximum Gasteiger partial charge on any atom is 0.412 e. The molecule has 7 nitrogen and oxygen atoms in total. The number of fused-ring (bicyclic) bond motifs is 3. The molecule has 0 radical (unpaired) electrons. The lowest BCUT2D eigenvalue weighted by Crippen LogP contribution is -2.43. The fraction of sp³-hybridized carbons (Fsp3) is 0.440. The summed E-state index contributed by atoms with van der Waals surface area (Å²) in [7, 11) is 1.77. The van der Waals surface area contributed by atoms with Crippen molar-refractivity contribution in [1.29, 1.82) is 0 Å². The first-order chi connectivity index (χ1) is 15.6. The highest BCUT2D eigenvalue weighted by Crippen LogP contribution is 2.38. The highest BCUT2D eigenvalue weighted by Gasteiger charge is 2.33. The van der Waals surface area contributed by atoms with Gasteiger partial charge in [0.05, 0.1) is 28.9 Å². The summed E-state index contributed by atoms with van der Waals surface area (Å²) in [4.78, 5) is 18.6. The van der Waals surface area contributed by atoms with Crippen LogP contribution in [0.5, 0.6) is 0 Å². The van der Waals surface area contributed by atoms with E-state index in [4.69, 9.17) is 9.72 Å². The average Bonchev–Trinajstić information content (AvgIpc) is 3.17. The smallest absolute Gasteiger partial charge is 0.412 e. The van der Waals surface area contributed by atoms with E-state index in [-0.39, 0.29) is 18.2 Å². The van der Waals surface area contributed by atoms with Crippen LogP contribution in [0.2, 0.25) is 0 Å². The molecule has 7 heteroatoms. The van der Waals surface area contributed by atoms with Gasteiger partial charge in [-0.1, -0.05) is 30.3 Å². The highest BCUT2D eigenvalue weighted by molar-refractivity contribution is 5.94. The Hall–Kier alpha value is -2.90. The summed E-state index contributed by atoms with van der Waals surface area (Å²) in [5, 5.41) is 13.3. The topological polar surface area (TPSA) is 79.6 Å². The van der Waals surface area contributed by atoms with Crippen molar-refractivity contribution >= 4 is 22.8 Å². The average molecular weight is 435 g/mol. The molecule has 1 saturated heterocycles. The summed E-state index contributed by atoms with van der Waals surface area (Å²) in [6, 6.07) is 14.6. The van der Waals surface area contributed by atoms with Gasteiger partial charge in [-0.05, 0) is 50.4 Å². The maximum absolute atomic E-state index is 12.0. The summed E-state index contributed by atoms with van der Waals surface area (Å²) in [5.74, 6) is 1.01. The first-order valence-electron chi connectivity index (χ1n) is 11.4. The van der Waals surface area contributed by atoms with Gasteiger partial charge in [-0.15, -0.1) is 0 Å². The number of carbonyl (C=O) groups is 1. The van der Waals surface area contributed by atoms with Gasteiger partial charge in [-0.25, -0.2) is 9.78 Å². The van der Waals surface area contributed by atoms with Crippen LogP contribution in [0, 0.1) is 0 Å². The molecule has 3 heterocycles. The molecule has 2 aliphatic heterocycles. The van der Waals surface area contributed by atoms with Crippen LogP contribution in [0.15, 0.2) is 42.5 Å². The van der Waals surface area contributed by atoms with E-state index >= 15 is 0 Å². The number of amides is 1. The molecule has 5 rings (SSSR count). The summed E-state index contributed by atoms with van der Waals surface area (Å²) in [5.41, 5.74) is 5.03. The number of ether oxygens (including phenoxy) is 1. The Labute approximate surface area is 188 Å². The number of methoxy groups -OCH3 is 1. The fourth-order valence-corrected chi connectivity index (χ4v) is 5.36. The van der Waals surface area contributed by atoms with Gasteiger partial charge in [0.2, 0.25) is 0 Å². The third-order valence-corrected chi connectivity index (χ3v) is 6.96. The van der Waals surface area contributed by atoms with Gasteiger partial charge in [0.15, 0.2) is 0 Å². The predicted octanol–water partition coefficient (Wildman–Crippen LogP) is 4.00. The maximum atomic E-state index is 12.0. The largest absolute Gasteiger partial charge is 0.465 e. The Balaban J connectivity index is 1.69. The van der Waals surface area contributed by atoms with Crippen LogP contribution >= 0.6 is 0 Å². The first kappa shape index (κ1) is 21.0. The fourth-order valence-electron chi connectivity index (χ4n) is 5.36. The molecule has 0 saturated carbocycles. The number of piperidine rings is 1. The van der Waals surface area contributed by atoms with Gasteiger partial charge in [-0.3, -0.25) is 4.90 Å². The number of nitrogens with one attached hydrogen (secondary N) is 1. The van der Waals surface area contributed by atoms with Crippen LogP contribution < -0.4 is 10.2 Å². The number of nitrogens with zero attached hydrogens (tertiary/aromatic N) is 3. The molecule has 0 spiro atoms. The van der Waals surface area contributed by atoms with Gasteiger partial charge in [-0.2, -0.15) is 0 Å². The number of hydrogen-bond acceptors (Lipinski definition) is 4. The van der Waals surface area contributed by atoms with Crippen molar-refractivity contribution in [3.63, 3.8) is 0 Å². The quantitative estimate of drug-likeness (QED) is 0.649. The van der Waals surface area contributed by atoms with Gasteiger partial charge < -0.3 is 19.7 Å². The van der Waals surface area contributed by atoms with E-state index in [0.29, 0.717) is 0 Å². The molecule has 2 aromatic carbocycles. The molecule has 1 aromatic heterocycles. The number of aromatic nitrogens is 2. The molecular weight excluding hydrogens is 404 g/mol. The summed E-state index contributed by atoms with van der Waals surface area (Å²) < 4.78 is 8.22. The zero-order valence-corrected chi connectivity index (χ0v) is 18.6. The third kappa shape index (κ3) is 3.55. The van der Waals surface area contributed by atoms with E-state index < -0.39 is 6.09 Å². The van der Waals surface area contributed by atoms with Crippen molar-refractivity contribution in [3.8, 4) is 0 Å². The minimum Gasteiger partial charge on any atom is -0.465 e. The third-order valence-electron chi connectivity index (χ3n) is 6.96. The monoisotopic (exact) mass is 434 g/mol. The number of carboxylic acid groups (broad SMARTS) is 1. The van der Waals surface area contributed by atoms with Crippen molar-refractivity contribution in [3.05, 3.63) is 59.4 Å². The number of aryl methyl sites for hydroxylation is 1. The molecule has 1 fully saturated rings.